The van der Waals surface area contributed by atoms with Gasteiger partial charge in [0.1, 0.15) is 24.4 Å². The summed E-state index contributed by atoms with van der Waals surface area (Å²) >= 11 is 2.03. The van der Waals surface area contributed by atoms with Crippen LogP contribution in [0.5, 0.6) is 11.5 Å². The van der Waals surface area contributed by atoms with Crippen molar-refractivity contribution in [2.75, 3.05) is 13.7 Å². The third-order valence-corrected chi connectivity index (χ3v) is 12.2. The summed E-state index contributed by atoms with van der Waals surface area (Å²) in [6, 6.07) is 12.8. The van der Waals surface area contributed by atoms with Crippen LogP contribution in [-0.4, -0.2) is 76.6 Å². The second-order valence-corrected chi connectivity index (χ2v) is 15.6. The zero-order valence-electron chi connectivity index (χ0n) is 29.1. The van der Waals surface area contributed by atoms with E-state index in [1.165, 1.54) is 14.0 Å². The van der Waals surface area contributed by atoms with Gasteiger partial charge in [0.05, 0.1) is 25.6 Å². The summed E-state index contributed by atoms with van der Waals surface area (Å²) in [5, 5.41) is 24.5. The summed E-state index contributed by atoms with van der Waals surface area (Å²) in [5.74, 6) is -4.75. The van der Waals surface area contributed by atoms with Gasteiger partial charge in [0, 0.05) is 22.3 Å². The van der Waals surface area contributed by atoms with Crippen LogP contribution >= 0.6 is 22.6 Å². The van der Waals surface area contributed by atoms with Crippen molar-refractivity contribution in [1.29, 1.82) is 0 Å². The van der Waals surface area contributed by atoms with Crippen LogP contribution in [0.15, 0.2) is 77.9 Å². The van der Waals surface area contributed by atoms with Crippen molar-refractivity contribution < 1.29 is 53.0 Å². The molecule has 51 heavy (non-hydrogen) atoms. The number of methoxy groups -OCH3 is 1. The molecule has 5 aliphatic rings. The first-order chi connectivity index (χ1) is 24.1. The van der Waals surface area contributed by atoms with E-state index in [0.29, 0.717) is 21.1 Å². The smallest absolute Gasteiger partial charge is 0.310 e. The lowest BCUT2D eigenvalue weighted by molar-refractivity contribution is -0.422. The average molecular weight is 813 g/mol. The third kappa shape index (κ3) is 5.43. The molecule has 0 spiro atoms. The maximum Gasteiger partial charge on any atom is 0.310 e. The van der Waals surface area contributed by atoms with Crippen molar-refractivity contribution in [3.8, 4) is 11.5 Å². The lowest BCUT2D eigenvalue weighted by Gasteiger charge is -2.59. The highest BCUT2D eigenvalue weighted by Crippen LogP contribution is 2.68. The summed E-state index contributed by atoms with van der Waals surface area (Å²) in [5.41, 5.74) is -1.87. The van der Waals surface area contributed by atoms with Gasteiger partial charge in [-0.25, -0.2) is 0 Å². The van der Waals surface area contributed by atoms with E-state index in [9.17, 15) is 24.6 Å². The number of aliphatic hydroxyl groups excluding tert-OH is 1. The van der Waals surface area contributed by atoms with Crippen LogP contribution in [0.4, 0.5) is 0 Å². The summed E-state index contributed by atoms with van der Waals surface area (Å²) in [4.78, 5) is 38.8. The Morgan fingerprint density at radius 3 is 2.49 bits per heavy atom. The van der Waals surface area contributed by atoms with Crippen LogP contribution in [0.1, 0.15) is 45.2 Å². The number of esters is 2. The van der Waals surface area contributed by atoms with E-state index in [-0.39, 0.29) is 35.8 Å². The van der Waals surface area contributed by atoms with E-state index in [2.05, 4.69) is 6.58 Å². The fourth-order valence-electron chi connectivity index (χ4n) is 8.98. The number of aliphatic hydroxyl groups is 2. The first-order valence-electron chi connectivity index (χ1n) is 16.9. The molecule has 2 aliphatic heterocycles. The minimum absolute atomic E-state index is 0.149. The fourth-order valence-corrected chi connectivity index (χ4v) is 9.61. The molecule has 2 saturated heterocycles. The fraction of sp³-hybridized carbons (Fsp3) is 0.462. The first-order valence-corrected chi connectivity index (χ1v) is 18.0. The maximum absolute atomic E-state index is 13.9. The van der Waals surface area contributed by atoms with Gasteiger partial charge in [-0.1, -0.05) is 56.0 Å². The van der Waals surface area contributed by atoms with Crippen molar-refractivity contribution in [2.45, 2.75) is 81.9 Å². The van der Waals surface area contributed by atoms with Crippen molar-refractivity contribution in [3.05, 3.63) is 92.6 Å². The Labute approximate surface area is 309 Å². The van der Waals surface area contributed by atoms with Gasteiger partial charge in [-0.15, -0.1) is 0 Å². The van der Waals surface area contributed by atoms with E-state index in [4.69, 9.17) is 28.4 Å². The number of carbonyl (C=O) groups excluding carboxylic acids is 3. The number of fused-ring (bicyclic) bond motifs is 2. The molecule has 12 heteroatoms. The van der Waals surface area contributed by atoms with Gasteiger partial charge in [-0.2, -0.15) is 0 Å². The molecule has 1 saturated carbocycles. The van der Waals surface area contributed by atoms with E-state index in [1.54, 1.807) is 31.2 Å². The van der Waals surface area contributed by atoms with Crippen molar-refractivity contribution >= 4 is 40.3 Å². The molecular weight excluding hydrogens is 771 g/mol. The Morgan fingerprint density at radius 1 is 1.10 bits per heavy atom. The average Bonchev–Trinajstić information content (AvgIpc) is 3.41. The van der Waals surface area contributed by atoms with Crippen LogP contribution in [0.3, 0.4) is 0 Å². The van der Waals surface area contributed by atoms with Crippen LogP contribution in [0, 0.1) is 21.3 Å². The van der Waals surface area contributed by atoms with Crippen LogP contribution < -0.4 is 9.47 Å². The molecule has 3 fully saturated rings. The van der Waals surface area contributed by atoms with Gasteiger partial charge in [-0.3, -0.25) is 14.4 Å². The highest BCUT2D eigenvalue weighted by atomic mass is 127. The normalized spacial score (nSPS) is 36.0. The Bertz CT molecular complexity index is 1890. The number of hydrogen-bond donors (Lipinski definition) is 2. The quantitative estimate of drug-likeness (QED) is 0.159. The van der Waals surface area contributed by atoms with E-state index < -0.39 is 71.1 Å². The molecule has 9 atom stereocenters. The monoisotopic (exact) mass is 812 g/mol. The molecule has 2 N–H and O–H groups in total. The topological polar surface area (TPSA) is 147 Å². The molecule has 0 unspecified atom stereocenters. The lowest BCUT2D eigenvalue weighted by Crippen LogP contribution is -2.71. The van der Waals surface area contributed by atoms with Gasteiger partial charge in [0.25, 0.3) is 5.97 Å². The van der Waals surface area contributed by atoms with E-state index in [1.807, 2.05) is 66.8 Å². The van der Waals surface area contributed by atoms with Gasteiger partial charge in [0.2, 0.25) is 0 Å². The number of carbonyl (C=O) groups is 3. The van der Waals surface area contributed by atoms with Gasteiger partial charge < -0.3 is 38.6 Å². The molecule has 0 radical (unpaired) electrons. The largest absolute Gasteiger partial charge is 0.493 e. The zero-order valence-corrected chi connectivity index (χ0v) is 31.2. The molecule has 2 aromatic rings. The summed E-state index contributed by atoms with van der Waals surface area (Å²) in [6.07, 6.45) is 1.60. The second-order valence-electron chi connectivity index (χ2n) is 14.4. The number of rotatable bonds is 9. The van der Waals surface area contributed by atoms with Gasteiger partial charge >= 0.3 is 11.9 Å². The van der Waals surface area contributed by atoms with E-state index >= 15 is 0 Å². The van der Waals surface area contributed by atoms with Crippen LogP contribution in [-0.2, 0) is 46.2 Å². The predicted octanol–water partition coefficient (Wildman–Crippen LogP) is 4.54. The molecular formula is C39H41IO11. The van der Waals surface area contributed by atoms with Gasteiger partial charge in [0.15, 0.2) is 22.9 Å². The third-order valence-electron chi connectivity index (χ3n) is 11.2. The number of Topliss-reactive ketones (excluding diaryl/α,β-unsaturated/α-hetero) is 1. The van der Waals surface area contributed by atoms with Crippen LogP contribution in [0.2, 0.25) is 0 Å². The van der Waals surface area contributed by atoms with Crippen molar-refractivity contribution in [2.24, 2.45) is 17.8 Å². The molecule has 3 bridgehead atoms. The van der Waals surface area contributed by atoms with E-state index in [0.717, 1.165) is 11.1 Å². The first kappa shape index (κ1) is 36.0. The minimum Gasteiger partial charge on any atom is -0.493 e. The Morgan fingerprint density at radius 2 is 1.82 bits per heavy atom. The molecule has 0 aromatic heterocycles. The molecule has 270 valence electrons. The molecule has 11 nitrogen and oxygen atoms in total. The zero-order chi connectivity index (χ0) is 36.7. The number of ether oxygens (including phenoxy) is 6. The minimum atomic E-state index is -2.31. The lowest BCUT2D eigenvalue weighted by atomic mass is 9.54. The van der Waals surface area contributed by atoms with Crippen molar-refractivity contribution in [1.82, 2.24) is 0 Å². The maximum atomic E-state index is 13.9. The summed E-state index contributed by atoms with van der Waals surface area (Å²) in [7, 11) is 1.42. The Kier molecular flexibility index (Phi) is 8.91. The standard InChI is InChI=1S/C39H41IO11/c1-20(2)36-17-22(4)39-27(35(36)49-37(50-36,51-39)18-24-10-8-7-9-11-24)13-26(34(44)38(45)31(39)12-21(3)33(38)43)19-47-32(42)15-25-14-29(46-6)30(16-28(25)40)48-23(5)41/h7-14,16,22,27,31,34-35,44-45H,1,15,17-19H2,2-6H3/t22-,27+,31-,34-,35-,36-,37-,38-,39-/m1/s1. The highest BCUT2D eigenvalue weighted by molar-refractivity contribution is 14.1. The highest BCUT2D eigenvalue weighted by Gasteiger charge is 2.80. The number of benzene rings is 2. The van der Waals surface area contributed by atoms with Crippen LogP contribution in [0.25, 0.3) is 0 Å². The predicted molar refractivity (Wildman–Crippen MR) is 190 cm³/mol. The Balaban J connectivity index is 1.26. The molecule has 2 heterocycles. The van der Waals surface area contributed by atoms with Crippen molar-refractivity contribution in [3.63, 3.8) is 0 Å². The second kappa shape index (κ2) is 12.6. The van der Waals surface area contributed by atoms with Gasteiger partial charge in [-0.05, 0) is 88.8 Å². The molecule has 7 rings (SSSR count). The molecule has 2 aromatic carbocycles. The Hall–Kier alpha value is -3.40. The molecule has 3 aliphatic carbocycles. The number of ketones is 1. The number of halogens is 1. The number of hydrogen-bond acceptors (Lipinski definition) is 11. The summed E-state index contributed by atoms with van der Waals surface area (Å²) < 4.78 is 37.8. The SMILES string of the molecule is C=C(C)[C@]12C[C@@H](C)[C@@]34O[C@](Cc5ccccc5)(O[C@@H]1[C@@H]3C=C(COC(=O)Cc1cc(OC)c(OC(C)=O)cc1I)[C@@H](O)[C@]1(O)C(=O)C(C)=C[C@H]14)O2. The molecule has 0 amide bonds. The summed E-state index contributed by atoms with van der Waals surface area (Å²) in [6.45, 7) is 10.7.